The number of hydrogen-bond donors (Lipinski definition) is 1. The number of para-hydroxylation sites is 1. The monoisotopic (exact) mass is 388 g/mol. The quantitative estimate of drug-likeness (QED) is 0.443. The molecule has 0 aliphatic carbocycles. The van der Waals surface area contributed by atoms with E-state index in [9.17, 15) is 4.79 Å². The van der Waals surface area contributed by atoms with Gasteiger partial charge in [-0.1, -0.05) is 29.8 Å². The molecule has 0 aliphatic heterocycles. The second-order valence-electron chi connectivity index (χ2n) is 6.56. The number of rotatable bonds is 6. The summed E-state index contributed by atoms with van der Waals surface area (Å²) in [5, 5.41) is 3.91. The molecule has 1 heterocycles. The minimum atomic E-state index is -0.0218. The molecule has 0 bridgehead atoms. The van der Waals surface area contributed by atoms with E-state index in [-0.39, 0.29) is 5.91 Å². The highest BCUT2D eigenvalue weighted by Gasteiger charge is 2.08. The number of thiazole rings is 1. The molecule has 0 aliphatic rings. The van der Waals surface area contributed by atoms with E-state index in [2.05, 4.69) is 16.4 Å². The summed E-state index contributed by atoms with van der Waals surface area (Å²) < 4.78 is 6.96. The molecule has 5 heteroatoms. The van der Waals surface area contributed by atoms with Crippen LogP contribution < -0.4 is 10.1 Å². The number of carbonyl (C=O) groups is 1. The van der Waals surface area contributed by atoms with Crippen molar-refractivity contribution in [3.63, 3.8) is 0 Å². The Balaban J connectivity index is 1.30. The number of carbonyl (C=O) groups excluding carboxylic acids is 1. The van der Waals surface area contributed by atoms with Gasteiger partial charge < -0.3 is 10.1 Å². The molecular formula is C23H20N2O2S. The van der Waals surface area contributed by atoms with Crippen LogP contribution in [0, 0.1) is 6.92 Å². The number of fused-ring (bicyclic) bond motifs is 1. The fourth-order valence-electron chi connectivity index (χ4n) is 2.82. The van der Waals surface area contributed by atoms with Gasteiger partial charge in [-0.2, -0.15) is 0 Å². The molecule has 0 spiro atoms. The van der Waals surface area contributed by atoms with Crippen molar-refractivity contribution in [3.05, 3.63) is 83.4 Å². The van der Waals surface area contributed by atoms with Crippen molar-refractivity contribution in [1.82, 2.24) is 4.98 Å². The molecule has 3 aromatic carbocycles. The number of anilines is 1. The van der Waals surface area contributed by atoms with Crippen molar-refractivity contribution >= 4 is 33.1 Å². The standard InChI is InChI=1S/C23H20N2O2S/c1-16-6-10-18(11-7-16)27-19-12-8-17(9-13-19)24-22(26)14-15-23-25-20-4-2-3-5-21(20)28-23/h2-13H,14-15H2,1H3,(H,24,26). The summed E-state index contributed by atoms with van der Waals surface area (Å²) in [4.78, 5) is 16.8. The lowest BCUT2D eigenvalue weighted by Gasteiger charge is -2.08. The maximum Gasteiger partial charge on any atom is 0.224 e. The average Bonchev–Trinajstić information content (AvgIpc) is 3.13. The zero-order valence-electron chi connectivity index (χ0n) is 15.5. The zero-order chi connectivity index (χ0) is 19.3. The third-order valence-corrected chi connectivity index (χ3v) is 5.40. The number of benzene rings is 3. The number of hydrogen-bond acceptors (Lipinski definition) is 4. The smallest absolute Gasteiger partial charge is 0.224 e. The highest BCUT2D eigenvalue weighted by atomic mass is 32.1. The van der Waals surface area contributed by atoms with Crippen molar-refractivity contribution in [2.24, 2.45) is 0 Å². The maximum absolute atomic E-state index is 12.2. The van der Waals surface area contributed by atoms with E-state index < -0.39 is 0 Å². The molecule has 1 N–H and O–H groups in total. The summed E-state index contributed by atoms with van der Waals surface area (Å²) >= 11 is 1.64. The van der Waals surface area contributed by atoms with Crippen LogP contribution in [-0.4, -0.2) is 10.9 Å². The topological polar surface area (TPSA) is 51.2 Å². The lowest BCUT2D eigenvalue weighted by molar-refractivity contribution is -0.116. The predicted molar refractivity (Wildman–Crippen MR) is 114 cm³/mol. The fourth-order valence-corrected chi connectivity index (χ4v) is 3.79. The van der Waals surface area contributed by atoms with Crippen LogP contribution in [0.4, 0.5) is 5.69 Å². The Bertz CT molecular complexity index is 1050. The molecule has 28 heavy (non-hydrogen) atoms. The van der Waals surface area contributed by atoms with Gasteiger partial charge in [0.2, 0.25) is 5.91 Å². The Morgan fingerprint density at radius 2 is 1.64 bits per heavy atom. The lowest BCUT2D eigenvalue weighted by atomic mass is 10.2. The Hall–Kier alpha value is -3.18. The average molecular weight is 388 g/mol. The molecule has 1 amide bonds. The molecule has 0 saturated heterocycles. The van der Waals surface area contributed by atoms with E-state index in [1.54, 1.807) is 11.3 Å². The maximum atomic E-state index is 12.2. The van der Waals surface area contributed by atoms with Gasteiger partial charge in [-0.05, 0) is 55.5 Å². The number of amides is 1. The Morgan fingerprint density at radius 1 is 0.964 bits per heavy atom. The first kappa shape index (κ1) is 18.2. The Kier molecular flexibility index (Phi) is 5.35. The van der Waals surface area contributed by atoms with Crippen LogP contribution >= 0.6 is 11.3 Å². The van der Waals surface area contributed by atoms with Crippen LogP contribution in [0.25, 0.3) is 10.2 Å². The predicted octanol–water partition coefficient (Wildman–Crippen LogP) is 5.97. The first-order valence-electron chi connectivity index (χ1n) is 9.15. The van der Waals surface area contributed by atoms with Gasteiger partial charge in [-0.3, -0.25) is 4.79 Å². The van der Waals surface area contributed by atoms with Gasteiger partial charge in [0.25, 0.3) is 0 Å². The lowest BCUT2D eigenvalue weighted by Crippen LogP contribution is -2.12. The first-order chi connectivity index (χ1) is 13.7. The minimum Gasteiger partial charge on any atom is -0.457 e. The number of ether oxygens (including phenoxy) is 1. The second-order valence-corrected chi connectivity index (χ2v) is 7.68. The van der Waals surface area contributed by atoms with Crippen molar-refractivity contribution in [2.75, 3.05) is 5.32 Å². The van der Waals surface area contributed by atoms with Crippen molar-refractivity contribution in [3.8, 4) is 11.5 Å². The summed E-state index contributed by atoms with van der Waals surface area (Å²) in [5.74, 6) is 1.50. The van der Waals surface area contributed by atoms with Crippen molar-refractivity contribution < 1.29 is 9.53 Å². The van der Waals surface area contributed by atoms with Gasteiger partial charge in [0.05, 0.1) is 15.2 Å². The van der Waals surface area contributed by atoms with Crippen LogP contribution in [0.5, 0.6) is 11.5 Å². The molecule has 0 saturated carbocycles. The van der Waals surface area contributed by atoms with E-state index in [4.69, 9.17) is 4.74 Å². The Labute approximate surface area is 167 Å². The van der Waals surface area contributed by atoms with Crippen LogP contribution in [-0.2, 0) is 11.2 Å². The van der Waals surface area contributed by atoms with Crippen molar-refractivity contribution in [2.45, 2.75) is 19.8 Å². The SMILES string of the molecule is Cc1ccc(Oc2ccc(NC(=O)CCc3nc4ccccc4s3)cc2)cc1. The van der Waals surface area contributed by atoms with Crippen LogP contribution in [0.15, 0.2) is 72.8 Å². The van der Waals surface area contributed by atoms with Gasteiger partial charge in [-0.25, -0.2) is 4.98 Å². The molecule has 4 rings (SSSR count). The number of nitrogens with one attached hydrogen (secondary N) is 1. The van der Waals surface area contributed by atoms with Crippen LogP contribution in [0.3, 0.4) is 0 Å². The molecule has 0 unspecified atom stereocenters. The van der Waals surface area contributed by atoms with E-state index >= 15 is 0 Å². The normalized spacial score (nSPS) is 10.8. The molecule has 0 fully saturated rings. The number of nitrogens with zero attached hydrogens (tertiary/aromatic N) is 1. The third-order valence-electron chi connectivity index (χ3n) is 4.30. The molecule has 4 nitrogen and oxygen atoms in total. The highest BCUT2D eigenvalue weighted by molar-refractivity contribution is 7.18. The number of aromatic nitrogens is 1. The van der Waals surface area contributed by atoms with Gasteiger partial charge >= 0.3 is 0 Å². The summed E-state index contributed by atoms with van der Waals surface area (Å²) in [5.41, 5.74) is 2.94. The highest BCUT2D eigenvalue weighted by Crippen LogP contribution is 2.24. The largest absolute Gasteiger partial charge is 0.457 e. The molecule has 1 aromatic heterocycles. The summed E-state index contributed by atoms with van der Waals surface area (Å²) in [7, 11) is 0. The van der Waals surface area contributed by atoms with Crippen LogP contribution in [0.1, 0.15) is 17.0 Å². The summed E-state index contributed by atoms with van der Waals surface area (Å²) in [6, 6.07) is 23.3. The van der Waals surface area contributed by atoms with Crippen LogP contribution in [0.2, 0.25) is 0 Å². The van der Waals surface area contributed by atoms with E-state index in [0.29, 0.717) is 12.8 Å². The third kappa shape index (κ3) is 4.56. The molecule has 4 aromatic rings. The molecule has 0 radical (unpaired) electrons. The van der Waals surface area contributed by atoms with E-state index in [1.165, 1.54) is 5.56 Å². The van der Waals surface area contributed by atoms with E-state index in [1.807, 2.05) is 73.7 Å². The first-order valence-corrected chi connectivity index (χ1v) is 9.96. The summed E-state index contributed by atoms with van der Waals surface area (Å²) in [6.45, 7) is 2.04. The Morgan fingerprint density at radius 3 is 2.36 bits per heavy atom. The molecular weight excluding hydrogens is 368 g/mol. The molecule has 140 valence electrons. The van der Waals surface area contributed by atoms with Gasteiger partial charge in [-0.15, -0.1) is 11.3 Å². The van der Waals surface area contributed by atoms with E-state index in [0.717, 1.165) is 32.4 Å². The fraction of sp³-hybridized carbons (Fsp3) is 0.130. The van der Waals surface area contributed by atoms with Gasteiger partial charge in [0.15, 0.2) is 0 Å². The minimum absolute atomic E-state index is 0.0218. The van der Waals surface area contributed by atoms with Gasteiger partial charge in [0.1, 0.15) is 11.5 Å². The number of aryl methyl sites for hydroxylation is 2. The summed E-state index contributed by atoms with van der Waals surface area (Å²) in [6.07, 6.45) is 1.04. The second kappa shape index (κ2) is 8.23. The van der Waals surface area contributed by atoms with Crippen molar-refractivity contribution in [1.29, 1.82) is 0 Å². The van der Waals surface area contributed by atoms with Gasteiger partial charge in [0, 0.05) is 18.5 Å². The zero-order valence-corrected chi connectivity index (χ0v) is 16.3. The molecule has 0 atom stereocenters.